The molecule has 1 aromatic heterocycles. The summed E-state index contributed by atoms with van der Waals surface area (Å²) < 4.78 is 5.88. The largest absolute Gasteiger partial charge is 0.487 e. The van der Waals surface area contributed by atoms with Crippen molar-refractivity contribution in [3.63, 3.8) is 0 Å². The summed E-state index contributed by atoms with van der Waals surface area (Å²) in [5.74, 6) is 0.748. The zero-order valence-electron chi connectivity index (χ0n) is 12.0. The second-order valence-corrected chi connectivity index (χ2v) is 5.95. The molecule has 1 aromatic carbocycles. The van der Waals surface area contributed by atoms with E-state index in [0.29, 0.717) is 12.3 Å². The minimum absolute atomic E-state index is 0.541. The maximum atomic E-state index is 8.96. The fraction of sp³-hybridized carbons (Fsp3) is 0.312. The Morgan fingerprint density at radius 2 is 2.00 bits per heavy atom. The minimum atomic E-state index is 0.541. The molecule has 0 aliphatic heterocycles. The topological polar surface area (TPSA) is 41.8 Å². The Labute approximate surface area is 123 Å². The van der Waals surface area contributed by atoms with Crippen LogP contribution < -0.4 is 4.74 Å². The molecule has 0 aliphatic rings. The van der Waals surface area contributed by atoms with E-state index in [0.717, 1.165) is 23.3 Å². The van der Waals surface area contributed by atoms with Gasteiger partial charge in [0.15, 0.2) is 0 Å². The number of nitrogens with zero attached hydrogens (tertiary/aromatic N) is 1. The monoisotopic (exact) mass is 289 g/mol. The Morgan fingerprint density at radius 1 is 1.25 bits per heavy atom. The summed E-state index contributed by atoms with van der Waals surface area (Å²) in [6, 6.07) is 10.1. The van der Waals surface area contributed by atoms with Gasteiger partial charge >= 0.3 is 0 Å². The summed E-state index contributed by atoms with van der Waals surface area (Å²) in [6.45, 7) is 6.46. The molecule has 1 N–H and O–H groups in total. The van der Waals surface area contributed by atoms with E-state index in [-0.39, 0.29) is 0 Å². The van der Waals surface area contributed by atoms with Crippen LogP contribution in [0.5, 0.6) is 5.75 Å². The normalized spacial score (nSPS) is 11.7. The first-order valence-electron chi connectivity index (χ1n) is 6.64. The Balaban J connectivity index is 2.16. The lowest BCUT2D eigenvalue weighted by Gasteiger charge is -2.11. The van der Waals surface area contributed by atoms with E-state index >= 15 is 0 Å². The van der Waals surface area contributed by atoms with Crippen molar-refractivity contribution in [3.05, 3.63) is 51.2 Å². The highest BCUT2D eigenvalue weighted by atomic mass is 32.1. The van der Waals surface area contributed by atoms with Gasteiger partial charge in [-0.1, -0.05) is 23.7 Å². The highest BCUT2D eigenvalue weighted by Gasteiger charge is 2.09. The first-order chi connectivity index (χ1) is 9.63. The second kappa shape index (κ2) is 6.57. The van der Waals surface area contributed by atoms with Crippen LogP contribution in [0.15, 0.2) is 35.5 Å². The van der Waals surface area contributed by atoms with E-state index in [1.807, 2.05) is 25.1 Å². The molecule has 0 spiro atoms. The molecule has 106 valence electrons. The van der Waals surface area contributed by atoms with E-state index in [1.165, 1.54) is 9.75 Å². The van der Waals surface area contributed by atoms with Crippen LogP contribution in [0.1, 0.15) is 34.7 Å². The Kier molecular flexibility index (Phi) is 4.79. The van der Waals surface area contributed by atoms with Crippen LogP contribution in [0.3, 0.4) is 0 Å². The zero-order chi connectivity index (χ0) is 14.5. The van der Waals surface area contributed by atoms with Crippen LogP contribution in [0.4, 0.5) is 0 Å². The molecule has 0 amide bonds. The van der Waals surface area contributed by atoms with Crippen LogP contribution >= 0.6 is 11.3 Å². The van der Waals surface area contributed by atoms with Gasteiger partial charge in [-0.05, 0) is 44.5 Å². The van der Waals surface area contributed by atoms with Gasteiger partial charge in [0.25, 0.3) is 0 Å². The molecule has 0 saturated heterocycles. The standard InChI is InChI=1S/C16H19NO2S/c1-4-13-6-7-14(20-13)10-19-16-8-5-11(2)9-15(16)12(3)17-18/h5-9,18H,4,10H2,1-3H3/b17-12+. The predicted octanol–water partition coefficient (Wildman–Crippen LogP) is 4.40. The van der Waals surface area contributed by atoms with Crippen LogP contribution in [0, 0.1) is 6.92 Å². The minimum Gasteiger partial charge on any atom is -0.487 e. The van der Waals surface area contributed by atoms with Crippen molar-refractivity contribution in [1.82, 2.24) is 0 Å². The average Bonchev–Trinajstić information content (AvgIpc) is 2.93. The summed E-state index contributed by atoms with van der Waals surface area (Å²) >= 11 is 1.77. The van der Waals surface area contributed by atoms with E-state index in [9.17, 15) is 0 Å². The second-order valence-electron chi connectivity index (χ2n) is 4.70. The summed E-state index contributed by atoms with van der Waals surface area (Å²) in [5, 5.41) is 12.2. The van der Waals surface area contributed by atoms with Gasteiger partial charge in [0, 0.05) is 15.3 Å². The van der Waals surface area contributed by atoms with E-state index < -0.39 is 0 Å². The maximum Gasteiger partial charge on any atom is 0.129 e. The number of benzene rings is 1. The number of hydrogen-bond acceptors (Lipinski definition) is 4. The molecular weight excluding hydrogens is 270 g/mol. The van der Waals surface area contributed by atoms with Crippen molar-refractivity contribution in [2.75, 3.05) is 0 Å². The lowest BCUT2D eigenvalue weighted by atomic mass is 10.1. The highest BCUT2D eigenvalue weighted by Crippen LogP contribution is 2.24. The van der Waals surface area contributed by atoms with Gasteiger partial charge in [0.05, 0.1) is 5.71 Å². The van der Waals surface area contributed by atoms with E-state index in [4.69, 9.17) is 9.94 Å². The number of oxime groups is 1. The highest BCUT2D eigenvalue weighted by molar-refractivity contribution is 7.11. The molecule has 0 atom stereocenters. The molecule has 1 heterocycles. The van der Waals surface area contributed by atoms with Gasteiger partial charge in [0.2, 0.25) is 0 Å². The molecule has 4 heteroatoms. The van der Waals surface area contributed by atoms with E-state index in [1.54, 1.807) is 18.3 Å². The van der Waals surface area contributed by atoms with Crippen LogP contribution in [-0.4, -0.2) is 10.9 Å². The predicted molar refractivity (Wildman–Crippen MR) is 83.2 cm³/mol. The van der Waals surface area contributed by atoms with Crippen LogP contribution in [0.25, 0.3) is 0 Å². The third kappa shape index (κ3) is 3.39. The molecule has 0 fully saturated rings. The third-order valence-corrected chi connectivity index (χ3v) is 4.31. The molecule has 2 rings (SSSR count). The maximum absolute atomic E-state index is 8.96. The molecule has 0 saturated carbocycles. The molecule has 0 radical (unpaired) electrons. The van der Waals surface area contributed by atoms with Gasteiger partial charge in [0.1, 0.15) is 12.4 Å². The lowest BCUT2D eigenvalue weighted by molar-refractivity contribution is 0.306. The Bertz CT molecular complexity index is 617. The summed E-state index contributed by atoms with van der Waals surface area (Å²) in [6.07, 6.45) is 1.05. The molecule has 0 aliphatic carbocycles. The quantitative estimate of drug-likeness (QED) is 0.503. The van der Waals surface area contributed by atoms with Crippen molar-refractivity contribution in [2.24, 2.45) is 5.16 Å². The fourth-order valence-electron chi connectivity index (χ4n) is 1.95. The van der Waals surface area contributed by atoms with Gasteiger partial charge in [-0.2, -0.15) is 0 Å². The fourth-order valence-corrected chi connectivity index (χ4v) is 2.82. The van der Waals surface area contributed by atoms with Gasteiger partial charge in [-0.15, -0.1) is 11.3 Å². The summed E-state index contributed by atoms with van der Waals surface area (Å²) in [5.41, 5.74) is 2.50. The van der Waals surface area contributed by atoms with Crippen LogP contribution in [0.2, 0.25) is 0 Å². The van der Waals surface area contributed by atoms with Crippen molar-refractivity contribution in [3.8, 4) is 5.75 Å². The Morgan fingerprint density at radius 3 is 2.65 bits per heavy atom. The number of hydrogen-bond donors (Lipinski definition) is 1. The molecule has 2 aromatic rings. The smallest absolute Gasteiger partial charge is 0.129 e. The van der Waals surface area contributed by atoms with Crippen molar-refractivity contribution in [1.29, 1.82) is 0 Å². The lowest BCUT2D eigenvalue weighted by Crippen LogP contribution is -2.02. The number of ether oxygens (including phenoxy) is 1. The SMILES string of the molecule is CCc1ccc(COc2ccc(C)cc2/C(C)=N/O)s1. The summed E-state index contributed by atoms with van der Waals surface area (Å²) in [4.78, 5) is 2.56. The van der Waals surface area contributed by atoms with Crippen LogP contribution in [-0.2, 0) is 13.0 Å². The van der Waals surface area contributed by atoms with Crippen molar-refractivity contribution in [2.45, 2.75) is 33.8 Å². The van der Waals surface area contributed by atoms with Crippen molar-refractivity contribution >= 4 is 17.0 Å². The number of aryl methyl sites for hydroxylation is 2. The molecular formula is C16H19NO2S. The van der Waals surface area contributed by atoms with E-state index in [2.05, 4.69) is 24.2 Å². The van der Waals surface area contributed by atoms with Gasteiger partial charge in [-0.25, -0.2) is 0 Å². The van der Waals surface area contributed by atoms with Gasteiger partial charge < -0.3 is 9.94 Å². The molecule has 20 heavy (non-hydrogen) atoms. The zero-order valence-corrected chi connectivity index (χ0v) is 12.8. The molecule has 0 unspecified atom stereocenters. The molecule has 3 nitrogen and oxygen atoms in total. The average molecular weight is 289 g/mol. The summed E-state index contributed by atoms with van der Waals surface area (Å²) in [7, 11) is 0. The first kappa shape index (κ1) is 14.6. The number of thiophene rings is 1. The van der Waals surface area contributed by atoms with Crippen molar-refractivity contribution < 1.29 is 9.94 Å². The van der Waals surface area contributed by atoms with Gasteiger partial charge in [-0.3, -0.25) is 0 Å². The first-order valence-corrected chi connectivity index (χ1v) is 7.45. The Hall–Kier alpha value is -1.81. The third-order valence-electron chi connectivity index (χ3n) is 3.11. The molecule has 0 bridgehead atoms. The number of rotatable bonds is 5.